The summed E-state index contributed by atoms with van der Waals surface area (Å²) in [5, 5.41) is 9.29. The molecule has 0 aliphatic rings. The Bertz CT molecular complexity index is 427. The van der Waals surface area contributed by atoms with E-state index in [0.717, 1.165) is 0 Å². The first kappa shape index (κ1) is 18.0. The molecule has 1 aromatic carbocycles. The van der Waals surface area contributed by atoms with Crippen molar-refractivity contribution in [3.8, 4) is 11.5 Å². The van der Waals surface area contributed by atoms with E-state index in [9.17, 15) is 9.50 Å². The average molecular weight is 294 g/mol. The third-order valence-corrected chi connectivity index (χ3v) is 3.09. The Labute approximate surface area is 119 Å². The molecule has 0 radical (unpaired) electrons. The largest absolute Gasteiger partial charge is 0.493 e. The van der Waals surface area contributed by atoms with Gasteiger partial charge in [-0.25, -0.2) is 4.39 Å². The highest BCUT2D eigenvalue weighted by atomic mass is 35.5. The number of aliphatic hydroxyl groups is 1. The zero-order valence-corrected chi connectivity index (χ0v) is 12.4. The SMILES string of the molecule is COc1cc(F)c([C@H](N)C(C)(C)CO)cc1OC.Cl. The molecular formula is C13H21ClFNO3. The van der Waals surface area contributed by atoms with Crippen LogP contribution in [0.1, 0.15) is 25.5 Å². The Morgan fingerprint density at radius 2 is 1.74 bits per heavy atom. The van der Waals surface area contributed by atoms with Crippen LogP contribution in [-0.4, -0.2) is 25.9 Å². The number of benzene rings is 1. The third kappa shape index (κ3) is 3.72. The van der Waals surface area contributed by atoms with E-state index in [1.165, 1.54) is 26.4 Å². The van der Waals surface area contributed by atoms with Gasteiger partial charge in [0.2, 0.25) is 0 Å². The van der Waals surface area contributed by atoms with E-state index in [1.54, 1.807) is 13.8 Å². The van der Waals surface area contributed by atoms with Crippen LogP contribution in [0.5, 0.6) is 11.5 Å². The van der Waals surface area contributed by atoms with Crippen molar-refractivity contribution < 1.29 is 19.0 Å². The van der Waals surface area contributed by atoms with Gasteiger partial charge in [-0.2, -0.15) is 0 Å². The van der Waals surface area contributed by atoms with Crippen LogP contribution in [-0.2, 0) is 0 Å². The minimum atomic E-state index is -0.637. The molecule has 0 heterocycles. The summed E-state index contributed by atoms with van der Waals surface area (Å²) < 4.78 is 24.1. The monoisotopic (exact) mass is 293 g/mol. The molecule has 0 unspecified atom stereocenters. The van der Waals surface area contributed by atoms with Gasteiger partial charge in [-0.15, -0.1) is 12.4 Å². The van der Waals surface area contributed by atoms with E-state index in [4.69, 9.17) is 15.2 Å². The van der Waals surface area contributed by atoms with Gasteiger partial charge >= 0.3 is 0 Å². The van der Waals surface area contributed by atoms with Crippen LogP contribution in [0.15, 0.2) is 12.1 Å². The first-order valence-electron chi connectivity index (χ1n) is 5.65. The number of nitrogens with two attached hydrogens (primary N) is 1. The Balaban J connectivity index is 0.00000324. The van der Waals surface area contributed by atoms with Gasteiger partial charge < -0.3 is 20.3 Å². The van der Waals surface area contributed by atoms with Crippen molar-refractivity contribution in [2.45, 2.75) is 19.9 Å². The summed E-state index contributed by atoms with van der Waals surface area (Å²) in [5.74, 6) is 0.257. The van der Waals surface area contributed by atoms with Gasteiger partial charge in [0.1, 0.15) is 5.82 Å². The fraction of sp³-hybridized carbons (Fsp3) is 0.538. The maximum absolute atomic E-state index is 14.0. The molecule has 110 valence electrons. The Morgan fingerprint density at radius 3 is 2.16 bits per heavy atom. The predicted octanol–water partition coefficient (Wildman–Crippen LogP) is 2.28. The second kappa shape index (κ2) is 6.93. The van der Waals surface area contributed by atoms with Gasteiger partial charge in [0.05, 0.1) is 14.2 Å². The van der Waals surface area contributed by atoms with Gasteiger partial charge in [-0.1, -0.05) is 13.8 Å². The molecule has 0 aliphatic heterocycles. The highest BCUT2D eigenvalue weighted by Gasteiger charge is 2.30. The molecule has 0 aromatic heterocycles. The molecule has 1 aromatic rings. The lowest BCUT2D eigenvalue weighted by molar-refractivity contribution is 0.130. The second-order valence-corrected chi connectivity index (χ2v) is 4.85. The average Bonchev–Trinajstić information content (AvgIpc) is 2.37. The van der Waals surface area contributed by atoms with Crippen molar-refractivity contribution in [1.82, 2.24) is 0 Å². The summed E-state index contributed by atoms with van der Waals surface area (Å²) in [4.78, 5) is 0. The molecular weight excluding hydrogens is 273 g/mol. The minimum absolute atomic E-state index is 0. The normalized spacial score (nSPS) is 12.6. The summed E-state index contributed by atoms with van der Waals surface area (Å²) in [6.45, 7) is 3.41. The smallest absolute Gasteiger partial charge is 0.163 e. The van der Waals surface area contributed by atoms with Crippen LogP contribution in [0.2, 0.25) is 0 Å². The first-order valence-corrected chi connectivity index (χ1v) is 5.65. The summed E-state index contributed by atoms with van der Waals surface area (Å²) in [6.07, 6.45) is 0. The lowest BCUT2D eigenvalue weighted by Crippen LogP contribution is -2.33. The molecule has 19 heavy (non-hydrogen) atoms. The molecule has 0 saturated heterocycles. The molecule has 1 rings (SSSR count). The lowest BCUT2D eigenvalue weighted by atomic mass is 9.81. The summed E-state index contributed by atoms with van der Waals surface area (Å²) in [7, 11) is 2.91. The highest BCUT2D eigenvalue weighted by Crippen LogP contribution is 2.37. The van der Waals surface area contributed by atoms with E-state index in [1.807, 2.05) is 0 Å². The van der Waals surface area contributed by atoms with Crippen LogP contribution < -0.4 is 15.2 Å². The Kier molecular flexibility index (Phi) is 6.55. The molecule has 3 N–H and O–H groups in total. The van der Waals surface area contributed by atoms with Gasteiger partial charge in [-0.05, 0) is 6.07 Å². The van der Waals surface area contributed by atoms with Crippen LogP contribution in [0.4, 0.5) is 4.39 Å². The van der Waals surface area contributed by atoms with E-state index < -0.39 is 17.3 Å². The first-order chi connectivity index (χ1) is 8.37. The fourth-order valence-corrected chi connectivity index (χ4v) is 1.63. The molecule has 0 spiro atoms. The number of aliphatic hydroxyl groups excluding tert-OH is 1. The van der Waals surface area contributed by atoms with Gasteiger partial charge in [0.15, 0.2) is 11.5 Å². The van der Waals surface area contributed by atoms with Crippen molar-refractivity contribution in [2.24, 2.45) is 11.1 Å². The maximum Gasteiger partial charge on any atom is 0.163 e. The van der Waals surface area contributed by atoms with E-state index in [2.05, 4.69) is 0 Å². The third-order valence-electron chi connectivity index (χ3n) is 3.09. The van der Waals surface area contributed by atoms with E-state index >= 15 is 0 Å². The van der Waals surface area contributed by atoms with Gasteiger partial charge in [0, 0.05) is 29.7 Å². The lowest BCUT2D eigenvalue weighted by Gasteiger charge is -2.30. The fourth-order valence-electron chi connectivity index (χ4n) is 1.63. The Morgan fingerprint density at radius 1 is 1.26 bits per heavy atom. The number of rotatable bonds is 5. The Hall–Kier alpha value is -1.04. The van der Waals surface area contributed by atoms with Crippen molar-refractivity contribution >= 4 is 12.4 Å². The molecule has 1 atom stereocenters. The standard InChI is InChI=1S/C13H20FNO3.ClH/c1-13(2,7-16)12(15)8-5-10(17-3)11(18-4)6-9(8)14;/h5-6,12,16H,7,15H2,1-4H3;1H/t12-;/m0./s1. The summed E-state index contributed by atoms with van der Waals surface area (Å²) >= 11 is 0. The van der Waals surface area contributed by atoms with E-state index in [0.29, 0.717) is 17.1 Å². The number of hydrogen-bond acceptors (Lipinski definition) is 4. The van der Waals surface area contributed by atoms with Crippen LogP contribution in [0.25, 0.3) is 0 Å². The predicted molar refractivity (Wildman–Crippen MR) is 74.5 cm³/mol. The van der Waals surface area contributed by atoms with Crippen molar-refractivity contribution in [3.05, 3.63) is 23.5 Å². The number of hydrogen-bond donors (Lipinski definition) is 2. The van der Waals surface area contributed by atoms with Crippen LogP contribution >= 0.6 is 12.4 Å². The van der Waals surface area contributed by atoms with Crippen LogP contribution in [0.3, 0.4) is 0 Å². The van der Waals surface area contributed by atoms with Crippen molar-refractivity contribution in [2.75, 3.05) is 20.8 Å². The molecule has 6 heteroatoms. The highest BCUT2D eigenvalue weighted by molar-refractivity contribution is 5.85. The summed E-state index contributed by atoms with van der Waals surface area (Å²) in [6, 6.07) is 2.11. The number of halogens is 2. The topological polar surface area (TPSA) is 64.7 Å². The minimum Gasteiger partial charge on any atom is -0.493 e. The van der Waals surface area contributed by atoms with Gasteiger partial charge in [-0.3, -0.25) is 0 Å². The second-order valence-electron chi connectivity index (χ2n) is 4.85. The van der Waals surface area contributed by atoms with Crippen molar-refractivity contribution in [1.29, 1.82) is 0 Å². The molecule has 0 aliphatic carbocycles. The van der Waals surface area contributed by atoms with Crippen molar-refractivity contribution in [3.63, 3.8) is 0 Å². The molecule has 4 nitrogen and oxygen atoms in total. The van der Waals surface area contributed by atoms with E-state index in [-0.39, 0.29) is 19.0 Å². The number of ether oxygens (including phenoxy) is 2. The molecule has 0 bridgehead atoms. The molecule has 0 fully saturated rings. The quantitative estimate of drug-likeness (QED) is 0.874. The molecule has 0 amide bonds. The molecule has 0 saturated carbocycles. The van der Waals surface area contributed by atoms with Crippen LogP contribution in [0, 0.1) is 11.2 Å². The number of methoxy groups -OCH3 is 2. The zero-order chi connectivity index (χ0) is 13.9. The van der Waals surface area contributed by atoms with Gasteiger partial charge in [0.25, 0.3) is 0 Å². The maximum atomic E-state index is 14.0. The zero-order valence-electron chi connectivity index (χ0n) is 11.6. The summed E-state index contributed by atoms with van der Waals surface area (Å²) in [5.41, 5.74) is 5.68.